The second-order valence-corrected chi connectivity index (χ2v) is 5.70. The Hall–Kier alpha value is -1.05. The van der Waals surface area contributed by atoms with Gasteiger partial charge >= 0.3 is 0 Å². The van der Waals surface area contributed by atoms with Gasteiger partial charge in [-0.1, -0.05) is 30.7 Å². The summed E-state index contributed by atoms with van der Waals surface area (Å²) in [6.07, 6.45) is 12.4. The molecule has 0 aromatic heterocycles. The average molecular weight is 263 g/mol. The van der Waals surface area contributed by atoms with Crippen LogP contribution >= 0.6 is 0 Å². The third kappa shape index (κ3) is 6.09. The number of carbonyl (C=O) groups excluding carboxylic acids is 1. The predicted molar refractivity (Wildman–Crippen MR) is 81.9 cm³/mol. The van der Waals surface area contributed by atoms with Crippen LogP contribution < -0.4 is 5.32 Å². The van der Waals surface area contributed by atoms with E-state index in [2.05, 4.69) is 31.0 Å². The second-order valence-electron chi connectivity index (χ2n) is 5.70. The van der Waals surface area contributed by atoms with Crippen LogP contribution in [0.2, 0.25) is 0 Å². The van der Waals surface area contributed by atoms with Crippen LogP contribution in [0.15, 0.2) is 24.3 Å². The number of amides is 1. The van der Waals surface area contributed by atoms with Crippen molar-refractivity contribution in [3.63, 3.8) is 0 Å². The highest BCUT2D eigenvalue weighted by Crippen LogP contribution is 2.38. The zero-order valence-electron chi connectivity index (χ0n) is 12.6. The lowest BCUT2D eigenvalue weighted by Gasteiger charge is -2.17. The number of nitrogens with one attached hydrogen (secondary N) is 1. The highest BCUT2D eigenvalue weighted by molar-refractivity contribution is 5.75. The van der Waals surface area contributed by atoms with Gasteiger partial charge in [0, 0.05) is 13.0 Å². The molecule has 1 aliphatic carbocycles. The van der Waals surface area contributed by atoms with Crippen molar-refractivity contribution in [2.75, 3.05) is 6.54 Å². The van der Waals surface area contributed by atoms with Gasteiger partial charge in [-0.2, -0.15) is 0 Å². The first-order valence-corrected chi connectivity index (χ1v) is 7.72. The van der Waals surface area contributed by atoms with E-state index in [0.29, 0.717) is 6.42 Å². The average Bonchev–Trinajstić information content (AvgIpc) is 2.82. The van der Waals surface area contributed by atoms with E-state index in [1.165, 1.54) is 31.3 Å². The number of unbranched alkanes of at least 4 members (excludes halogenated alkanes) is 1. The summed E-state index contributed by atoms with van der Waals surface area (Å²) >= 11 is 0. The normalized spacial score (nSPS) is 22.8. The molecule has 1 fully saturated rings. The molecule has 0 unspecified atom stereocenters. The van der Waals surface area contributed by atoms with E-state index in [9.17, 15) is 4.79 Å². The van der Waals surface area contributed by atoms with E-state index in [-0.39, 0.29) is 5.91 Å². The molecule has 0 radical (unpaired) electrons. The molecule has 2 heteroatoms. The summed E-state index contributed by atoms with van der Waals surface area (Å²) in [4.78, 5) is 11.3. The summed E-state index contributed by atoms with van der Waals surface area (Å²) in [7, 11) is 0. The van der Waals surface area contributed by atoms with E-state index in [1.54, 1.807) is 0 Å². The van der Waals surface area contributed by atoms with Gasteiger partial charge in [-0.3, -0.25) is 4.79 Å². The van der Waals surface area contributed by atoms with Crippen molar-refractivity contribution in [2.45, 2.75) is 58.8 Å². The van der Waals surface area contributed by atoms with Crippen molar-refractivity contribution in [3.05, 3.63) is 24.3 Å². The Morgan fingerprint density at radius 3 is 2.84 bits per heavy atom. The van der Waals surface area contributed by atoms with Crippen LogP contribution in [0.25, 0.3) is 0 Å². The third-order valence-electron chi connectivity index (χ3n) is 4.05. The van der Waals surface area contributed by atoms with Crippen molar-refractivity contribution < 1.29 is 4.79 Å². The molecule has 108 valence electrons. The smallest absolute Gasteiger partial charge is 0.219 e. The molecule has 1 rings (SSSR count). The molecular formula is C17H29NO. The number of hydrogen-bond donors (Lipinski definition) is 1. The summed E-state index contributed by atoms with van der Waals surface area (Å²) in [6, 6.07) is 0. The molecule has 0 saturated heterocycles. The van der Waals surface area contributed by atoms with E-state index in [4.69, 9.17) is 0 Å². The van der Waals surface area contributed by atoms with Crippen molar-refractivity contribution in [1.82, 2.24) is 5.32 Å². The fraction of sp³-hybridized carbons (Fsp3) is 0.706. The van der Waals surface area contributed by atoms with E-state index in [0.717, 1.165) is 31.2 Å². The third-order valence-corrected chi connectivity index (χ3v) is 4.05. The van der Waals surface area contributed by atoms with Crippen LogP contribution in [-0.2, 0) is 4.79 Å². The Morgan fingerprint density at radius 1 is 1.37 bits per heavy atom. The van der Waals surface area contributed by atoms with Crippen molar-refractivity contribution in [2.24, 2.45) is 11.8 Å². The summed E-state index contributed by atoms with van der Waals surface area (Å²) < 4.78 is 0. The van der Waals surface area contributed by atoms with Crippen molar-refractivity contribution in [1.29, 1.82) is 0 Å². The molecule has 19 heavy (non-hydrogen) atoms. The quantitative estimate of drug-likeness (QED) is 0.515. The minimum Gasteiger partial charge on any atom is -0.356 e. The van der Waals surface area contributed by atoms with Gasteiger partial charge in [-0.05, 0) is 57.8 Å². The van der Waals surface area contributed by atoms with E-state index < -0.39 is 0 Å². The summed E-state index contributed by atoms with van der Waals surface area (Å²) in [5.41, 5.74) is 1.35. The van der Waals surface area contributed by atoms with Gasteiger partial charge in [-0.15, -0.1) is 0 Å². The molecule has 0 aliphatic heterocycles. The molecule has 1 N–H and O–H groups in total. The molecule has 0 aromatic rings. The Bertz CT molecular complexity index is 319. The second kappa shape index (κ2) is 8.95. The Kier molecular flexibility index (Phi) is 7.54. The first kappa shape index (κ1) is 16.0. The fourth-order valence-electron chi connectivity index (χ4n) is 3.02. The number of rotatable bonds is 8. The molecule has 0 spiro atoms. The number of allylic oxidation sites excluding steroid dienone is 3. The maximum Gasteiger partial charge on any atom is 0.219 e. The van der Waals surface area contributed by atoms with Gasteiger partial charge in [-0.25, -0.2) is 0 Å². The molecule has 0 bridgehead atoms. The minimum atomic E-state index is 0.175. The van der Waals surface area contributed by atoms with Gasteiger partial charge < -0.3 is 5.32 Å². The van der Waals surface area contributed by atoms with E-state index in [1.807, 2.05) is 6.92 Å². The zero-order valence-corrected chi connectivity index (χ0v) is 12.6. The molecule has 1 amide bonds. The maximum atomic E-state index is 11.3. The summed E-state index contributed by atoms with van der Waals surface area (Å²) in [6.45, 7) is 8.97. The number of hydrogen-bond acceptors (Lipinski definition) is 1. The first-order valence-electron chi connectivity index (χ1n) is 7.72. The largest absolute Gasteiger partial charge is 0.356 e. The topological polar surface area (TPSA) is 29.1 Å². The van der Waals surface area contributed by atoms with Crippen LogP contribution in [-0.4, -0.2) is 12.5 Å². The molecule has 0 aromatic carbocycles. The SMILES string of the molecule is C=C(C)[C@H]1CCC[C@@H]1C/C=C\CCCC(=O)NCC. The molecular weight excluding hydrogens is 234 g/mol. The maximum absolute atomic E-state index is 11.3. The van der Waals surface area contributed by atoms with Crippen LogP contribution in [0.5, 0.6) is 0 Å². The van der Waals surface area contributed by atoms with Gasteiger partial charge in [0.1, 0.15) is 0 Å². The van der Waals surface area contributed by atoms with Gasteiger partial charge in [0.15, 0.2) is 0 Å². The van der Waals surface area contributed by atoms with Gasteiger partial charge in [0.05, 0.1) is 0 Å². The lowest BCUT2D eigenvalue weighted by molar-refractivity contribution is -0.121. The standard InChI is InChI=1S/C17H29NO/c1-4-18-17(19)13-8-6-5-7-10-15-11-9-12-16(15)14(2)3/h5,7,15-16H,2,4,6,8-13H2,1,3H3,(H,18,19)/b7-5-/t15-,16+/m0/s1. The van der Waals surface area contributed by atoms with Crippen molar-refractivity contribution in [3.8, 4) is 0 Å². The highest BCUT2D eigenvalue weighted by atomic mass is 16.1. The highest BCUT2D eigenvalue weighted by Gasteiger charge is 2.26. The van der Waals surface area contributed by atoms with E-state index >= 15 is 0 Å². The number of carbonyl (C=O) groups is 1. The van der Waals surface area contributed by atoms with Crippen LogP contribution in [0, 0.1) is 11.8 Å². The lowest BCUT2D eigenvalue weighted by Crippen LogP contribution is -2.21. The van der Waals surface area contributed by atoms with Crippen LogP contribution in [0.3, 0.4) is 0 Å². The Balaban J connectivity index is 2.13. The summed E-state index contributed by atoms with van der Waals surface area (Å²) in [5, 5.41) is 2.83. The molecule has 2 nitrogen and oxygen atoms in total. The fourth-order valence-corrected chi connectivity index (χ4v) is 3.02. The predicted octanol–water partition coefficient (Wildman–Crippen LogP) is 4.23. The minimum absolute atomic E-state index is 0.175. The Morgan fingerprint density at radius 2 is 2.16 bits per heavy atom. The zero-order chi connectivity index (χ0) is 14.1. The van der Waals surface area contributed by atoms with Crippen LogP contribution in [0.1, 0.15) is 58.8 Å². The molecule has 1 aliphatic rings. The molecule has 1 saturated carbocycles. The lowest BCUT2D eigenvalue weighted by atomic mass is 9.88. The summed E-state index contributed by atoms with van der Waals surface area (Å²) in [5.74, 6) is 1.71. The van der Waals surface area contributed by atoms with Crippen LogP contribution in [0.4, 0.5) is 0 Å². The first-order chi connectivity index (χ1) is 9.15. The van der Waals surface area contributed by atoms with Gasteiger partial charge in [0.25, 0.3) is 0 Å². The molecule has 2 atom stereocenters. The monoisotopic (exact) mass is 263 g/mol. The molecule has 0 heterocycles. The Labute approximate surface area is 118 Å². The van der Waals surface area contributed by atoms with Crippen molar-refractivity contribution >= 4 is 5.91 Å². The van der Waals surface area contributed by atoms with Gasteiger partial charge in [0.2, 0.25) is 5.91 Å².